The summed E-state index contributed by atoms with van der Waals surface area (Å²) in [6.45, 7) is 0. The molecule has 1 aliphatic carbocycles. The summed E-state index contributed by atoms with van der Waals surface area (Å²) >= 11 is 0. The van der Waals surface area contributed by atoms with E-state index in [0.29, 0.717) is 12.0 Å². The summed E-state index contributed by atoms with van der Waals surface area (Å²) in [4.78, 5) is 9.63. The fourth-order valence-corrected chi connectivity index (χ4v) is 8.34. The molecule has 4 heteroatoms. The van der Waals surface area contributed by atoms with E-state index in [1.807, 2.05) is 54.6 Å². The summed E-state index contributed by atoms with van der Waals surface area (Å²) in [7, 11) is -3.12. The zero-order valence-corrected chi connectivity index (χ0v) is 20.5. The van der Waals surface area contributed by atoms with Gasteiger partial charge in [0.2, 0.25) is 0 Å². The normalized spacial score (nSPS) is 17.2. The Morgan fingerprint density at radius 2 is 1.47 bits per heavy atom. The van der Waals surface area contributed by atoms with Gasteiger partial charge in [-0.1, -0.05) is 109 Å². The number of hydrogen-bond donors (Lipinski definition) is 0. The van der Waals surface area contributed by atoms with Crippen molar-refractivity contribution >= 4 is 50.3 Å². The first-order valence-corrected chi connectivity index (χ1v) is 14.0. The van der Waals surface area contributed by atoms with Crippen molar-refractivity contribution in [1.29, 1.82) is 0 Å². The number of hydrogen-bond acceptors (Lipinski definition) is 3. The molecular formula is C32H23N2OP. The lowest BCUT2D eigenvalue weighted by molar-refractivity contribution is 0.581. The minimum absolute atomic E-state index is 0.165. The van der Waals surface area contributed by atoms with Crippen molar-refractivity contribution < 1.29 is 4.57 Å². The number of allylic oxidation sites excluding steroid dienone is 4. The van der Waals surface area contributed by atoms with Crippen LogP contribution in [0.5, 0.6) is 0 Å². The lowest BCUT2D eigenvalue weighted by Crippen LogP contribution is -2.29. The fourth-order valence-electron chi connectivity index (χ4n) is 5.56. The van der Waals surface area contributed by atoms with Gasteiger partial charge in [0.05, 0.1) is 5.69 Å². The predicted molar refractivity (Wildman–Crippen MR) is 151 cm³/mol. The van der Waals surface area contributed by atoms with Crippen molar-refractivity contribution in [3.8, 4) is 11.3 Å². The Balaban J connectivity index is 1.46. The minimum Gasteiger partial charge on any atom is -0.310 e. The van der Waals surface area contributed by atoms with Crippen LogP contribution >= 0.6 is 7.14 Å². The number of aromatic nitrogens is 2. The fraction of sp³-hybridized carbons (Fsp3) is 0.0625. The Bertz CT molecular complexity index is 1840. The third-order valence-electron chi connectivity index (χ3n) is 7.31. The third-order valence-corrected chi connectivity index (χ3v) is 10.5. The highest BCUT2D eigenvalue weighted by Gasteiger charge is 2.38. The van der Waals surface area contributed by atoms with Crippen LogP contribution in [0.4, 0.5) is 0 Å². The van der Waals surface area contributed by atoms with Crippen LogP contribution in [-0.2, 0) is 4.57 Å². The molecule has 1 aromatic heterocycles. The van der Waals surface area contributed by atoms with Gasteiger partial charge in [-0.2, -0.15) is 0 Å². The molecule has 0 saturated heterocycles. The van der Waals surface area contributed by atoms with Gasteiger partial charge in [-0.05, 0) is 44.8 Å². The molecule has 7 rings (SSSR count). The van der Waals surface area contributed by atoms with Crippen molar-refractivity contribution in [3.05, 3.63) is 121 Å². The summed E-state index contributed by atoms with van der Waals surface area (Å²) in [6, 6.07) is 31.1. The van der Waals surface area contributed by atoms with Gasteiger partial charge < -0.3 is 4.57 Å². The zero-order chi connectivity index (χ0) is 24.1. The second kappa shape index (κ2) is 8.26. The molecule has 0 aliphatic heterocycles. The van der Waals surface area contributed by atoms with Crippen molar-refractivity contribution in [2.24, 2.45) is 0 Å². The molecule has 0 fully saturated rings. The molecule has 0 N–H and O–H groups in total. The van der Waals surface area contributed by atoms with Gasteiger partial charge in [-0.3, -0.25) is 0 Å². The number of rotatable bonds is 4. The Morgan fingerprint density at radius 3 is 2.25 bits per heavy atom. The van der Waals surface area contributed by atoms with Crippen LogP contribution in [0.3, 0.4) is 0 Å². The van der Waals surface area contributed by atoms with Gasteiger partial charge in [-0.15, -0.1) is 0 Å². The summed E-state index contributed by atoms with van der Waals surface area (Å²) in [5.41, 5.74) is 2.08. The maximum absolute atomic E-state index is 14.9. The van der Waals surface area contributed by atoms with E-state index in [0.717, 1.165) is 21.9 Å². The van der Waals surface area contributed by atoms with Crippen molar-refractivity contribution in [1.82, 2.24) is 9.97 Å². The van der Waals surface area contributed by atoms with Crippen LogP contribution in [0, 0.1) is 0 Å². The zero-order valence-electron chi connectivity index (χ0n) is 19.6. The minimum atomic E-state index is -3.12. The van der Waals surface area contributed by atoms with Crippen molar-refractivity contribution in [3.63, 3.8) is 0 Å². The van der Waals surface area contributed by atoms with Crippen molar-refractivity contribution in [2.45, 2.75) is 12.1 Å². The van der Waals surface area contributed by atoms with Crippen LogP contribution in [0.1, 0.15) is 6.42 Å². The first-order valence-electron chi connectivity index (χ1n) is 12.2. The molecule has 0 bridgehead atoms. The third kappa shape index (κ3) is 3.17. The van der Waals surface area contributed by atoms with Crippen LogP contribution < -0.4 is 10.9 Å². The smallest absolute Gasteiger partial charge is 0.194 e. The molecule has 1 heterocycles. The second-order valence-electron chi connectivity index (χ2n) is 9.32. The van der Waals surface area contributed by atoms with Gasteiger partial charge in [-0.25, -0.2) is 9.97 Å². The molecule has 6 aromatic rings. The Hall–Kier alpha value is -4.07. The van der Waals surface area contributed by atoms with Crippen LogP contribution in [0.25, 0.3) is 43.6 Å². The van der Waals surface area contributed by atoms with E-state index in [-0.39, 0.29) is 5.66 Å². The Kier molecular flexibility index (Phi) is 4.87. The SMILES string of the molecule is O=P(c1ccccc1)(c1nccc(-c2ccc3ccc4cccc5ccc2c3c45)n1)C1C=CC=CC1. The summed E-state index contributed by atoms with van der Waals surface area (Å²) in [5, 5.41) is 8.14. The van der Waals surface area contributed by atoms with Gasteiger partial charge in [0.15, 0.2) is 12.7 Å². The van der Waals surface area contributed by atoms with E-state index in [1.165, 1.54) is 26.9 Å². The summed E-state index contributed by atoms with van der Waals surface area (Å²) in [6.07, 6.45) is 10.6. The molecule has 2 unspecified atom stereocenters. The highest BCUT2D eigenvalue weighted by atomic mass is 31.2. The van der Waals surface area contributed by atoms with Crippen LogP contribution in [0.15, 0.2) is 121 Å². The van der Waals surface area contributed by atoms with Crippen LogP contribution in [0.2, 0.25) is 0 Å². The maximum Gasteiger partial charge on any atom is 0.194 e. The molecule has 0 spiro atoms. The van der Waals surface area contributed by atoms with E-state index < -0.39 is 7.14 Å². The van der Waals surface area contributed by atoms with Gasteiger partial charge >= 0.3 is 0 Å². The molecule has 1 aliphatic rings. The van der Waals surface area contributed by atoms with Gasteiger partial charge in [0, 0.05) is 22.7 Å². The second-order valence-corrected chi connectivity index (χ2v) is 12.2. The maximum atomic E-state index is 14.9. The van der Waals surface area contributed by atoms with E-state index in [2.05, 4.69) is 65.7 Å². The lowest BCUT2D eigenvalue weighted by atomic mass is 9.91. The number of nitrogens with zero attached hydrogens (tertiary/aromatic N) is 2. The largest absolute Gasteiger partial charge is 0.310 e. The quantitative estimate of drug-likeness (QED) is 0.196. The molecule has 172 valence electrons. The number of benzene rings is 5. The molecule has 36 heavy (non-hydrogen) atoms. The van der Waals surface area contributed by atoms with Gasteiger partial charge in [0.25, 0.3) is 0 Å². The molecule has 3 nitrogen and oxygen atoms in total. The Labute approximate surface area is 209 Å². The summed E-state index contributed by atoms with van der Waals surface area (Å²) < 4.78 is 14.9. The molecule has 0 amide bonds. The molecule has 5 aromatic carbocycles. The van der Waals surface area contributed by atoms with Crippen molar-refractivity contribution in [2.75, 3.05) is 0 Å². The molecular weight excluding hydrogens is 459 g/mol. The van der Waals surface area contributed by atoms with E-state index in [4.69, 9.17) is 4.98 Å². The van der Waals surface area contributed by atoms with E-state index in [1.54, 1.807) is 6.20 Å². The highest BCUT2D eigenvalue weighted by Crippen LogP contribution is 2.50. The predicted octanol–water partition coefficient (Wildman–Crippen LogP) is 7.24. The lowest BCUT2D eigenvalue weighted by Gasteiger charge is -2.25. The van der Waals surface area contributed by atoms with Crippen LogP contribution in [-0.4, -0.2) is 15.6 Å². The molecule has 2 atom stereocenters. The molecule has 0 radical (unpaired) electrons. The topological polar surface area (TPSA) is 42.9 Å². The first-order chi connectivity index (χ1) is 17.7. The Morgan fingerprint density at radius 1 is 0.722 bits per heavy atom. The van der Waals surface area contributed by atoms with E-state index in [9.17, 15) is 4.57 Å². The average Bonchev–Trinajstić information content (AvgIpc) is 2.96. The highest BCUT2D eigenvalue weighted by molar-refractivity contribution is 7.79. The average molecular weight is 483 g/mol. The standard InChI is InChI=1S/C32H23N2OP/c35-36(25-10-3-1-4-11-25,26-12-5-2-6-13-26)32-33-21-20-29(34-32)27-18-16-24-15-14-22-8-7-9-23-17-19-28(27)31(24)30(22)23/h1-12,14-21,26H,13H2. The van der Waals surface area contributed by atoms with Gasteiger partial charge in [0.1, 0.15) is 0 Å². The summed E-state index contributed by atoms with van der Waals surface area (Å²) in [5.74, 6) is 0. The monoisotopic (exact) mass is 482 g/mol. The van der Waals surface area contributed by atoms with E-state index >= 15 is 0 Å². The first kappa shape index (κ1) is 21.2. The molecule has 0 saturated carbocycles.